The first-order valence-corrected chi connectivity index (χ1v) is 16.1. The SMILES string of the molecule is C=CC(=O)N1CCN(c2nc(OC[C@@]34CCCN3CC(F)(F)C4)nc3c(F)c(-c4cccc5cccc(F)c45)c(Cl)cc23)C[C@@H]1CC#N. The van der Waals surface area contributed by atoms with Gasteiger partial charge >= 0.3 is 6.01 Å². The van der Waals surface area contributed by atoms with E-state index in [1.807, 2.05) is 4.90 Å². The molecule has 2 atom stereocenters. The van der Waals surface area contributed by atoms with Crippen LogP contribution in [-0.2, 0) is 4.79 Å². The molecule has 3 aromatic carbocycles. The van der Waals surface area contributed by atoms with E-state index >= 15 is 8.78 Å². The number of nitriles is 1. The van der Waals surface area contributed by atoms with Crippen LogP contribution in [0, 0.1) is 23.0 Å². The number of ether oxygens (including phenoxy) is 1. The molecule has 0 spiro atoms. The fraction of sp³-hybridized carbons (Fsp3) is 0.371. The van der Waals surface area contributed by atoms with Gasteiger partial charge < -0.3 is 14.5 Å². The number of alkyl halides is 2. The Hall–Kier alpha value is -4.47. The summed E-state index contributed by atoms with van der Waals surface area (Å²) in [6, 6.07) is 12.4. The van der Waals surface area contributed by atoms with Crippen LogP contribution in [-0.4, -0.2) is 82.5 Å². The highest BCUT2D eigenvalue weighted by Gasteiger charge is 2.57. The molecule has 0 unspecified atom stereocenters. The third-order valence-electron chi connectivity index (χ3n) is 9.75. The number of nitrogens with zero attached hydrogens (tertiary/aromatic N) is 6. The van der Waals surface area contributed by atoms with E-state index in [-0.39, 0.29) is 95.8 Å². The fourth-order valence-electron chi connectivity index (χ4n) is 7.62. The summed E-state index contributed by atoms with van der Waals surface area (Å²) in [6.45, 7) is 4.29. The standard InChI is InChI=1S/C35H31ClF4N6O2/c1-2-27(47)46-15-14-44(17-22(46)10-12-41)32-24-16-25(36)29(23-8-3-6-21-7-4-9-26(37)28(21)23)30(38)31(24)42-33(43-32)48-20-34-11-5-13-45(34)19-35(39,40)18-34/h2-4,6-9,16,22H,1,5,10-11,13-15,17-20H2/t22-,34-/m0/s1. The maximum atomic E-state index is 16.9. The third-order valence-corrected chi connectivity index (χ3v) is 10.1. The normalized spacial score (nSPS) is 22.2. The van der Waals surface area contributed by atoms with E-state index < -0.39 is 29.1 Å². The molecule has 3 fully saturated rings. The van der Waals surface area contributed by atoms with Crippen LogP contribution in [0.1, 0.15) is 25.7 Å². The van der Waals surface area contributed by atoms with Crippen LogP contribution in [0.3, 0.4) is 0 Å². The molecule has 0 N–H and O–H groups in total. The number of aromatic nitrogens is 2. The number of halogens is 5. The molecule has 0 radical (unpaired) electrons. The first kappa shape index (κ1) is 32.1. The van der Waals surface area contributed by atoms with Crippen molar-refractivity contribution in [3.63, 3.8) is 0 Å². The van der Waals surface area contributed by atoms with Gasteiger partial charge in [0.2, 0.25) is 5.91 Å². The topological polar surface area (TPSA) is 85.6 Å². The first-order valence-electron chi connectivity index (χ1n) is 15.7. The number of anilines is 1. The van der Waals surface area contributed by atoms with Crippen molar-refractivity contribution in [2.75, 3.05) is 44.2 Å². The summed E-state index contributed by atoms with van der Waals surface area (Å²) < 4.78 is 67.2. The molecule has 248 valence electrons. The maximum absolute atomic E-state index is 16.9. The Morgan fingerprint density at radius 3 is 2.73 bits per heavy atom. The number of carbonyl (C=O) groups excluding carboxylic acids is 1. The summed E-state index contributed by atoms with van der Waals surface area (Å²) in [6.07, 6.45) is 2.11. The van der Waals surface area contributed by atoms with Crippen LogP contribution in [0.5, 0.6) is 6.01 Å². The van der Waals surface area contributed by atoms with Gasteiger partial charge in [-0.3, -0.25) is 9.69 Å². The quantitative estimate of drug-likeness (QED) is 0.158. The number of hydrogen-bond acceptors (Lipinski definition) is 7. The number of piperazine rings is 1. The molecule has 4 heterocycles. The van der Waals surface area contributed by atoms with Gasteiger partial charge in [-0.15, -0.1) is 0 Å². The van der Waals surface area contributed by atoms with Crippen LogP contribution in [0.15, 0.2) is 55.1 Å². The smallest absolute Gasteiger partial charge is 0.319 e. The van der Waals surface area contributed by atoms with Gasteiger partial charge in [-0.05, 0) is 48.5 Å². The van der Waals surface area contributed by atoms with Gasteiger partial charge in [0, 0.05) is 42.4 Å². The number of rotatable bonds is 7. The Morgan fingerprint density at radius 2 is 1.96 bits per heavy atom. The van der Waals surface area contributed by atoms with Gasteiger partial charge in [0.1, 0.15) is 23.8 Å². The van der Waals surface area contributed by atoms with E-state index in [1.165, 1.54) is 18.2 Å². The lowest BCUT2D eigenvalue weighted by atomic mass is 9.94. The molecule has 7 rings (SSSR count). The summed E-state index contributed by atoms with van der Waals surface area (Å²) in [7, 11) is 0. The lowest BCUT2D eigenvalue weighted by molar-refractivity contribution is -0.128. The fourth-order valence-corrected chi connectivity index (χ4v) is 7.92. The monoisotopic (exact) mass is 678 g/mol. The van der Waals surface area contributed by atoms with Gasteiger partial charge in [-0.2, -0.15) is 15.2 Å². The van der Waals surface area contributed by atoms with Crippen molar-refractivity contribution in [2.24, 2.45) is 0 Å². The molecule has 3 aliphatic heterocycles. The molecule has 0 bridgehead atoms. The van der Waals surface area contributed by atoms with Crippen molar-refractivity contribution < 1.29 is 27.1 Å². The van der Waals surface area contributed by atoms with Crippen LogP contribution >= 0.6 is 11.6 Å². The zero-order valence-corrected chi connectivity index (χ0v) is 26.6. The van der Waals surface area contributed by atoms with Crippen molar-refractivity contribution in [1.82, 2.24) is 19.8 Å². The molecule has 0 saturated carbocycles. The highest BCUT2D eigenvalue weighted by Crippen LogP contribution is 2.46. The molecule has 8 nitrogen and oxygen atoms in total. The first-order chi connectivity index (χ1) is 23.0. The average Bonchev–Trinajstić information content (AvgIpc) is 3.55. The second kappa shape index (κ2) is 12.2. The highest BCUT2D eigenvalue weighted by molar-refractivity contribution is 6.35. The lowest BCUT2D eigenvalue weighted by Gasteiger charge is -2.41. The lowest BCUT2D eigenvalue weighted by Crippen LogP contribution is -2.55. The van der Waals surface area contributed by atoms with Gasteiger partial charge in [-0.1, -0.05) is 48.5 Å². The van der Waals surface area contributed by atoms with Gasteiger partial charge in [0.15, 0.2) is 5.82 Å². The molecule has 1 aromatic heterocycles. The second-order valence-corrected chi connectivity index (χ2v) is 13.1. The predicted molar refractivity (Wildman–Crippen MR) is 174 cm³/mol. The van der Waals surface area contributed by atoms with E-state index in [0.717, 1.165) is 6.42 Å². The third kappa shape index (κ3) is 5.48. The zero-order valence-electron chi connectivity index (χ0n) is 25.9. The van der Waals surface area contributed by atoms with E-state index in [4.69, 9.17) is 16.3 Å². The van der Waals surface area contributed by atoms with Crippen molar-refractivity contribution >= 4 is 45.0 Å². The van der Waals surface area contributed by atoms with E-state index in [1.54, 1.807) is 40.1 Å². The Bertz CT molecular complexity index is 2000. The van der Waals surface area contributed by atoms with Crippen LogP contribution in [0.25, 0.3) is 32.8 Å². The molecule has 13 heteroatoms. The van der Waals surface area contributed by atoms with Crippen LogP contribution in [0.4, 0.5) is 23.4 Å². The Balaban J connectivity index is 1.36. The number of fused-ring (bicyclic) bond motifs is 3. The summed E-state index contributed by atoms with van der Waals surface area (Å²) in [4.78, 5) is 26.8. The number of carbonyl (C=O) groups is 1. The van der Waals surface area contributed by atoms with Crippen molar-refractivity contribution in [2.45, 2.75) is 43.2 Å². The molecule has 48 heavy (non-hydrogen) atoms. The molecule has 3 aliphatic rings. The molecular formula is C35H31ClF4N6O2. The van der Waals surface area contributed by atoms with E-state index in [9.17, 15) is 18.8 Å². The maximum Gasteiger partial charge on any atom is 0.319 e. The second-order valence-electron chi connectivity index (χ2n) is 12.7. The Labute approximate surface area is 279 Å². The van der Waals surface area contributed by atoms with Crippen LogP contribution < -0.4 is 9.64 Å². The summed E-state index contributed by atoms with van der Waals surface area (Å²) in [5.74, 6) is -4.30. The number of hydrogen-bond donors (Lipinski definition) is 0. The minimum atomic E-state index is -2.86. The molecular weight excluding hydrogens is 648 g/mol. The average molecular weight is 679 g/mol. The van der Waals surface area contributed by atoms with E-state index in [0.29, 0.717) is 18.4 Å². The number of benzene rings is 3. The van der Waals surface area contributed by atoms with Gasteiger partial charge in [0.05, 0.1) is 35.6 Å². The Kier molecular flexibility index (Phi) is 8.16. The van der Waals surface area contributed by atoms with Crippen molar-refractivity contribution in [3.05, 3.63) is 71.8 Å². The van der Waals surface area contributed by atoms with Gasteiger partial charge in [0.25, 0.3) is 5.92 Å². The zero-order chi connectivity index (χ0) is 33.8. The molecule has 0 aliphatic carbocycles. The predicted octanol–water partition coefficient (Wildman–Crippen LogP) is 6.75. The summed E-state index contributed by atoms with van der Waals surface area (Å²) in [5.41, 5.74) is -0.880. The largest absolute Gasteiger partial charge is 0.461 e. The summed E-state index contributed by atoms with van der Waals surface area (Å²) >= 11 is 6.79. The minimum absolute atomic E-state index is 0.00279. The number of amides is 1. The minimum Gasteiger partial charge on any atom is -0.461 e. The Morgan fingerprint density at radius 1 is 1.17 bits per heavy atom. The van der Waals surface area contributed by atoms with Crippen molar-refractivity contribution in [3.8, 4) is 23.2 Å². The van der Waals surface area contributed by atoms with Crippen molar-refractivity contribution in [1.29, 1.82) is 5.26 Å². The van der Waals surface area contributed by atoms with Crippen LogP contribution in [0.2, 0.25) is 5.02 Å². The highest BCUT2D eigenvalue weighted by atomic mass is 35.5. The van der Waals surface area contributed by atoms with Gasteiger partial charge in [-0.25, -0.2) is 17.6 Å². The molecule has 3 saturated heterocycles. The van der Waals surface area contributed by atoms with E-state index in [2.05, 4.69) is 22.6 Å². The summed E-state index contributed by atoms with van der Waals surface area (Å²) in [5, 5.41) is 10.5. The molecule has 1 amide bonds. The molecule has 4 aromatic rings.